The van der Waals surface area contributed by atoms with Crippen molar-refractivity contribution in [1.29, 1.82) is 0 Å². The van der Waals surface area contributed by atoms with E-state index in [0.29, 0.717) is 0 Å². The van der Waals surface area contributed by atoms with Gasteiger partial charge < -0.3 is 4.74 Å². The van der Waals surface area contributed by atoms with Crippen LogP contribution in [0.15, 0.2) is 48.5 Å². The molecule has 36 heavy (non-hydrogen) atoms. The fraction of sp³-hybridized carbons (Fsp3) is 0.613. The summed E-state index contributed by atoms with van der Waals surface area (Å²) in [6, 6.07) is 17.6. The van der Waals surface area contributed by atoms with Crippen LogP contribution in [0.3, 0.4) is 0 Å². The summed E-state index contributed by atoms with van der Waals surface area (Å²) in [5.74, 6) is 0.858. The summed E-state index contributed by atoms with van der Waals surface area (Å²) < 4.78 is 21.0. The molecule has 0 unspecified atom stereocenters. The highest BCUT2D eigenvalue weighted by molar-refractivity contribution is 7.84. The maximum atomic E-state index is 13.8. The lowest BCUT2D eigenvalue weighted by Gasteiger charge is -2.41. The number of nitrogens with zero attached hydrogens (tertiary/aromatic N) is 1. The van der Waals surface area contributed by atoms with Gasteiger partial charge in [-0.05, 0) is 86.3 Å². The average Bonchev–Trinajstić information content (AvgIpc) is 2.90. The van der Waals surface area contributed by atoms with Crippen LogP contribution in [-0.4, -0.2) is 38.7 Å². The predicted octanol–water partition coefficient (Wildman–Crippen LogP) is 7.95. The molecule has 0 bridgehead atoms. The van der Waals surface area contributed by atoms with E-state index in [1.54, 1.807) is 12.4 Å². The van der Waals surface area contributed by atoms with Crippen molar-refractivity contribution in [1.82, 2.24) is 4.31 Å². The monoisotopic (exact) mass is 527 g/mol. The van der Waals surface area contributed by atoms with Gasteiger partial charge in [0, 0.05) is 7.05 Å². The molecular weight excluding hydrogens is 481 g/mol. The normalized spacial score (nSPS) is 20.0. The van der Waals surface area contributed by atoms with E-state index in [0.717, 1.165) is 17.1 Å². The average molecular weight is 528 g/mol. The SMILES string of the molecule is COc1ccc([C@@H](c2ccccc2P(C2CCCCC2)C2CCCCC2)N(C)[S@](=O)C(C)(C)C)cc1. The lowest BCUT2D eigenvalue weighted by Crippen LogP contribution is -2.39. The Labute approximate surface area is 223 Å². The van der Waals surface area contributed by atoms with Gasteiger partial charge in [0.1, 0.15) is 16.7 Å². The molecule has 2 atom stereocenters. The van der Waals surface area contributed by atoms with Gasteiger partial charge in [-0.1, -0.05) is 82.8 Å². The van der Waals surface area contributed by atoms with E-state index >= 15 is 0 Å². The smallest absolute Gasteiger partial charge is 0.118 e. The number of benzene rings is 2. The van der Waals surface area contributed by atoms with Crippen LogP contribution < -0.4 is 10.0 Å². The van der Waals surface area contributed by atoms with Gasteiger partial charge in [-0.3, -0.25) is 0 Å². The van der Waals surface area contributed by atoms with E-state index in [9.17, 15) is 4.21 Å². The second-order valence-electron chi connectivity index (χ2n) is 11.6. The Bertz CT molecular complexity index is 972. The topological polar surface area (TPSA) is 29.5 Å². The van der Waals surface area contributed by atoms with E-state index in [1.807, 2.05) is 12.1 Å². The molecule has 3 nitrogen and oxygen atoms in total. The van der Waals surface area contributed by atoms with Crippen molar-refractivity contribution in [2.45, 2.75) is 107 Å². The highest BCUT2D eigenvalue weighted by Crippen LogP contribution is 2.56. The first-order valence-corrected chi connectivity index (χ1v) is 16.6. The van der Waals surface area contributed by atoms with Gasteiger partial charge in [-0.2, -0.15) is 0 Å². The first-order valence-electron chi connectivity index (χ1n) is 14.0. The molecule has 2 aliphatic carbocycles. The molecule has 2 aromatic carbocycles. The zero-order valence-corrected chi connectivity index (χ0v) is 24.8. The van der Waals surface area contributed by atoms with Crippen LogP contribution in [0.5, 0.6) is 5.75 Å². The van der Waals surface area contributed by atoms with Gasteiger partial charge in [-0.15, -0.1) is 0 Å². The third-order valence-electron chi connectivity index (χ3n) is 8.03. The number of ether oxygens (including phenoxy) is 1. The molecule has 2 aromatic rings. The van der Waals surface area contributed by atoms with Crippen molar-refractivity contribution in [2.24, 2.45) is 0 Å². The molecule has 2 aliphatic rings. The van der Waals surface area contributed by atoms with Crippen LogP contribution in [0, 0.1) is 0 Å². The van der Waals surface area contributed by atoms with Gasteiger partial charge >= 0.3 is 0 Å². The molecule has 0 amide bonds. The maximum Gasteiger partial charge on any atom is 0.118 e. The van der Waals surface area contributed by atoms with Crippen LogP contribution in [-0.2, 0) is 11.0 Å². The molecule has 2 fully saturated rings. The summed E-state index contributed by atoms with van der Waals surface area (Å²) in [4.78, 5) is 0. The van der Waals surface area contributed by atoms with E-state index in [2.05, 4.69) is 68.5 Å². The highest BCUT2D eigenvalue weighted by Gasteiger charge is 2.37. The molecule has 4 rings (SSSR count). The number of rotatable bonds is 8. The lowest BCUT2D eigenvalue weighted by atomic mass is 9.98. The molecule has 0 heterocycles. The van der Waals surface area contributed by atoms with E-state index in [-0.39, 0.29) is 18.7 Å². The predicted molar refractivity (Wildman–Crippen MR) is 157 cm³/mol. The van der Waals surface area contributed by atoms with E-state index < -0.39 is 11.0 Å². The number of methoxy groups -OCH3 is 1. The summed E-state index contributed by atoms with van der Waals surface area (Å²) in [6.45, 7) is 6.23. The number of hydrogen-bond acceptors (Lipinski definition) is 2. The molecule has 0 saturated heterocycles. The van der Waals surface area contributed by atoms with Crippen molar-refractivity contribution in [3.63, 3.8) is 0 Å². The fourth-order valence-electron chi connectivity index (χ4n) is 6.26. The minimum Gasteiger partial charge on any atom is -0.497 e. The Morgan fingerprint density at radius 1 is 0.861 bits per heavy atom. The Morgan fingerprint density at radius 3 is 1.89 bits per heavy atom. The molecule has 5 heteroatoms. The zero-order chi connectivity index (χ0) is 25.7. The Kier molecular flexibility index (Phi) is 9.69. The van der Waals surface area contributed by atoms with E-state index in [4.69, 9.17) is 4.74 Å². The summed E-state index contributed by atoms with van der Waals surface area (Å²) >= 11 is 0. The van der Waals surface area contributed by atoms with Crippen LogP contribution in [0.2, 0.25) is 0 Å². The van der Waals surface area contributed by atoms with Gasteiger partial charge in [0.15, 0.2) is 0 Å². The van der Waals surface area contributed by atoms with Crippen LogP contribution >= 0.6 is 7.92 Å². The van der Waals surface area contributed by atoms with Crippen molar-refractivity contribution in [3.05, 3.63) is 59.7 Å². The highest BCUT2D eigenvalue weighted by atomic mass is 32.2. The number of hydrogen-bond donors (Lipinski definition) is 0. The fourth-order valence-corrected chi connectivity index (χ4v) is 11.5. The third-order valence-corrected chi connectivity index (χ3v) is 13.4. The van der Waals surface area contributed by atoms with Crippen molar-refractivity contribution < 1.29 is 8.95 Å². The van der Waals surface area contributed by atoms with E-state index in [1.165, 1.54) is 75.3 Å². The molecule has 2 saturated carbocycles. The van der Waals surface area contributed by atoms with Gasteiger partial charge in [0.05, 0.1) is 17.9 Å². The zero-order valence-electron chi connectivity index (χ0n) is 23.0. The first kappa shape index (κ1) is 27.8. The molecule has 0 spiro atoms. The standard InChI is InChI=1S/C31H46NO2PS/c1-31(2,3)36(33)32(4)30(24-20-22-25(34-5)23-21-24)28-18-12-13-19-29(28)35(26-14-8-6-9-15-26)27-16-10-7-11-17-27/h12-13,18-23,26-27,30H,6-11,14-17H2,1-5H3/t30-,36+/m0/s1. The summed E-state index contributed by atoms with van der Waals surface area (Å²) in [7, 11) is 2.36. The largest absolute Gasteiger partial charge is 0.497 e. The minimum atomic E-state index is -1.14. The summed E-state index contributed by atoms with van der Waals surface area (Å²) in [6.07, 6.45) is 13.9. The Balaban J connectivity index is 1.83. The van der Waals surface area contributed by atoms with Crippen molar-refractivity contribution in [2.75, 3.05) is 14.2 Å². The van der Waals surface area contributed by atoms with Crippen molar-refractivity contribution >= 4 is 24.2 Å². The lowest BCUT2D eigenvalue weighted by molar-refractivity contribution is 0.413. The molecule has 0 aliphatic heterocycles. The Morgan fingerprint density at radius 2 is 1.39 bits per heavy atom. The van der Waals surface area contributed by atoms with Crippen LogP contribution in [0.4, 0.5) is 0 Å². The quantitative estimate of drug-likeness (QED) is 0.326. The molecule has 198 valence electrons. The van der Waals surface area contributed by atoms with Gasteiger partial charge in [0.2, 0.25) is 0 Å². The van der Waals surface area contributed by atoms with Crippen LogP contribution in [0.1, 0.15) is 102 Å². The van der Waals surface area contributed by atoms with Gasteiger partial charge in [-0.25, -0.2) is 8.51 Å². The molecule has 0 N–H and O–H groups in total. The minimum absolute atomic E-state index is 0.0515. The second-order valence-corrected chi connectivity index (χ2v) is 16.7. The van der Waals surface area contributed by atoms with Crippen LogP contribution in [0.25, 0.3) is 0 Å². The molecular formula is C31H46NO2PS. The third kappa shape index (κ3) is 6.43. The van der Waals surface area contributed by atoms with Gasteiger partial charge in [0.25, 0.3) is 0 Å². The first-order chi connectivity index (χ1) is 17.3. The summed E-state index contributed by atoms with van der Waals surface area (Å²) in [5.41, 5.74) is 4.21. The van der Waals surface area contributed by atoms with Crippen molar-refractivity contribution in [3.8, 4) is 5.75 Å². The summed E-state index contributed by atoms with van der Waals surface area (Å²) in [5, 5.41) is 1.57. The maximum absolute atomic E-state index is 13.8. The second kappa shape index (κ2) is 12.5. The molecule has 0 radical (unpaired) electrons. The Hall–Kier alpha value is -1.22. The molecule has 0 aromatic heterocycles.